The average molecular weight is 301 g/mol. The summed E-state index contributed by atoms with van der Waals surface area (Å²) in [6.07, 6.45) is 4.53. The third-order valence-corrected chi connectivity index (χ3v) is 3.91. The van der Waals surface area contributed by atoms with Crippen LogP contribution in [0.3, 0.4) is 0 Å². The van der Waals surface area contributed by atoms with Crippen LogP contribution in [0.25, 0.3) is 22.5 Å². The maximum absolute atomic E-state index is 11.9. The van der Waals surface area contributed by atoms with E-state index in [9.17, 15) is 8.42 Å². The van der Waals surface area contributed by atoms with Gasteiger partial charge < -0.3 is 0 Å². The van der Waals surface area contributed by atoms with Crippen LogP contribution in [0, 0.1) is 0 Å². The summed E-state index contributed by atoms with van der Waals surface area (Å²) in [4.78, 5) is 8.12. The summed E-state index contributed by atoms with van der Waals surface area (Å²) in [7, 11) is -3.89. The summed E-state index contributed by atoms with van der Waals surface area (Å²) < 4.78 is 23.7. The molecule has 7 nitrogen and oxygen atoms in total. The van der Waals surface area contributed by atoms with Gasteiger partial charge in [0.1, 0.15) is 6.33 Å². The van der Waals surface area contributed by atoms with E-state index in [1.54, 1.807) is 36.7 Å². The smallest absolute Gasteiger partial charge is 0.238 e. The van der Waals surface area contributed by atoms with Gasteiger partial charge in [0.05, 0.1) is 4.90 Å². The Balaban J connectivity index is 2.38. The highest BCUT2D eigenvalue weighted by Crippen LogP contribution is 2.34. The van der Waals surface area contributed by atoms with E-state index >= 15 is 0 Å². The molecule has 3 N–H and O–H groups in total. The van der Waals surface area contributed by atoms with Crippen molar-refractivity contribution in [2.75, 3.05) is 0 Å². The summed E-state index contributed by atoms with van der Waals surface area (Å²) in [5.41, 5.74) is 1.67. The number of pyridine rings is 1. The van der Waals surface area contributed by atoms with Crippen molar-refractivity contribution in [3.05, 3.63) is 49.1 Å². The Morgan fingerprint density at radius 1 is 1.14 bits per heavy atom. The molecule has 0 saturated carbocycles. The summed E-state index contributed by atoms with van der Waals surface area (Å²) >= 11 is 0. The Labute approximate surface area is 120 Å². The first-order chi connectivity index (χ1) is 10.1. The number of benzene rings is 1. The van der Waals surface area contributed by atoms with E-state index in [2.05, 4.69) is 20.2 Å². The molecule has 0 bridgehead atoms. The fourth-order valence-electron chi connectivity index (χ4n) is 2.11. The van der Waals surface area contributed by atoms with Crippen LogP contribution < -0.4 is 5.14 Å². The number of aromatic nitrogens is 4. The minimum atomic E-state index is -3.89. The number of nitrogens with one attached hydrogen (secondary N) is 1. The molecular formula is C13H11N5O2S. The molecule has 106 valence electrons. The molecule has 3 aromatic rings. The number of hydrogen-bond acceptors (Lipinski definition) is 5. The number of rotatable bonds is 3. The summed E-state index contributed by atoms with van der Waals surface area (Å²) in [6.45, 7) is 0. The Morgan fingerprint density at radius 3 is 2.62 bits per heavy atom. The molecule has 0 fully saturated rings. The molecule has 2 aromatic heterocycles. The van der Waals surface area contributed by atoms with E-state index in [1.807, 2.05) is 0 Å². The first-order valence-electron chi connectivity index (χ1n) is 5.99. The molecule has 8 heteroatoms. The summed E-state index contributed by atoms with van der Waals surface area (Å²) in [6, 6.07) is 8.29. The molecule has 3 rings (SSSR count). The van der Waals surface area contributed by atoms with Crippen LogP contribution in [0.1, 0.15) is 0 Å². The van der Waals surface area contributed by atoms with E-state index in [1.165, 1.54) is 12.4 Å². The second-order valence-electron chi connectivity index (χ2n) is 4.30. The molecule has 0 unspecified atom stereocenters. The number of nitrogens with zero attached hydrogens (tertiary/aromatic N) is 3. The van der Waals surface area contributed by atoms with E-state index in [-0.39, 0.29) is 4.90 Å². The molecule has 1 aromatic carbocycles. The minimum absolute atomic E-state index is 0.0180. The van der Waals surface area contributed by atoms with E-state index < -0.39 is 10.0 Å². The van der Waals surface area contributed by atoms with E-state index in [0.717, 1.165) is 0 Å². The Morgan fingerprint density at radius 2 is 2.00 bits per heavy atom. The monoisotopic (exact) mass is 301 g/mol. The molecule has 0 aliphatic rings. The van der Waals surface area contributed by atoms with Gasteiger partial charge in [0, 0.05) is 29.1 Å². The molecule has 0 atom stereocenters. The molecule has 0 saturated heterocycles. The van der Waals surface area contributed by atoms with Crippen LogP contribution in [0.4, 0.5) is 0 Å². The maximum Gasteiger partial charge on any atom is 0.238 e. The van der Waals surface area contributed by atoms with Gasteiger partial charge >= 0.3 is 0 Å². The van der Waals surface area contributed by atoms with Gasteiger partial charge in [-0.3, -0.25) is 10.1 Å². The maximum atomic E-state index is 11.9. The zero-order valence-electron chi connectivity index (χ0n) is 10.8. The zero-order valence-corrected chi connectivity index (χ0v) is 11.6. The quantitative estimate of drug-likeness (QED) is 0.753. The van der Waals surface area contributed by atoms with Gasteiger partial charge in [-0.2, -0.15) is 5.10 Å². The fraction of sp³-hybridized carbons (Fsp3) is 0. The second-order valence-corrected chi connectivity index (χ2v) is 5.83. The van der Waals surface area contributed by atoms with Gasteiger partial charge in [-0.15, -0.1) is 0 Å². The number of nitrogens with two attached hydrogens (primary N) is 1. The molecule has 0 amide bonds. The SMILES string of the molecule is NS(=O)(=O)c1cccc(-c2ncn[nH]2)c1-c1cccnc1. The Bertz CT molecular complexity index is 861. The lowest BCUT2D eigenvalue weighted by Gasteiger charge is -2.12. The second kappa shape index (κ2) is 5.08. The van der Waals surface area contributed by atoms with E-state index in [0.29, 0.717) is 22.5 Å². The lowest BCUT2D eigenvalue weighted by molar-refractivity contribution is 0.598. The van der Waals surface area contributed by atoms with E-state index in [4.69, 9.17) is 5.14 Å². The Kier molecular flexibility index (Phi) is 3.24. The van der Waals surface area contributed by atoms with Crippen molar-refractivity contribution in [3.8, 4) is 22.5 Å². The highest BCUT2D eigenvalue weighted by atomic mass is 32.2. The molecule has 0 radical (unpaired) electrons. The van der Waals surface area contributed by atoms with Crippen LogP contribution in [-0.4, -0.2) is 28.6 Å². The van der Waals surface area contributed by atoms with Crippen molar-refractivity contribution in [1.29, 1.82) is 0 Å². The van der Waals surface area contributed by atoms with Crippen molar-refractivity contribution in [3.63, 3.8) is 0 Å². The number of hydrogen-bond donors (Lipinski definition) is 2. The van der Waals surface area contributed by atoms with Crippen LogP contribution >= 0.6 is 0 Å². The van der Waals surface area contributed by atoms with Gasteiger partial charge in [0.2, 0.25) is 10.0 Å². The van der Waals surface area contributed by atoms with Crippen LogP contribution in [-0.2, 0) is 10.0 Å². The van der Waals surface area contributed by atoms with Crippen molar-refractivity contribution in [2.45, 2.75) is 4.90 Å². The number of aromatic amines is 1. The summed E-state index contributed by atoms with van der Waals surface area (Å²) in [5.74, 6) is 0.458. The van der Waals surface area contributed by atoms with Crippen molar-refractivity contribution < 1.29 is 8.42 Å². The molecule has 21 heavy (non-hydrogen) atoms. The van der Waals surface area contributed by atoms with Gasteiger partial charge in [-0.25, -0.2) is 18.5 Å². The van der Waals surface area contributed by atoms with Gasteiger partial charge in [-0.05, 0) is 12.1 Å². The van der Waals surface area contributed by atoms with Crippen molar-refractivity contribution >= 4 is 10.0 Å². The van der Waals surface area contributed by atoms with Gasteiger partial charge in [-0.1, -0.05) is 18.2 Å². The molecular weight excluding hydrogens is 290 g/mol. The molecule has 0 aliphatic heterocycles. The third kappa shape index (κ3) is 2.54. The predicted molar refractivity (Wildman–Crippen MR) is 76.4 cm³/mol. The largest absolute Gasteiger partial charge is 0.264 e. The third-order valence-electron chi connectivity index (χ3n) is 2.95. The predicted octanol–water partition coefficient (Wildman–Crippen LogP) is 1.18. The fourth-order valence-corrected chi connectivity index (χ4v) is 2.89. The average Bonchev–Trinajstić information content (AvgIpc) is 3.00. The van der Waals surface area contributed by atoms with Crippen LogP contribution in [0.15, 0.2) is 53.9 Å². The van der Waals surface area contributed by atoms with Crippen LogP contribution in [0.2, 0.25) is 0 Å². The lowest BCUT2D eigenvalue weighted by Crippen LogP contribution is -2.14. The summed E-state index contributed by atoms with van der Waals surface area (Å²) in [5, 5.41) is 11.8. The normalized spacial score (nSPS) is 11.5. The first kappa shape index (κ1) is 13.4. The lowest BCUT2D eigenvalue weighted by atomic mass is 10.0. The topological polar surface area (TPSA) is 115 Å². The minimum Gasteiger partial charge on any atom is -0.264 e. The number of sulfonamides is 1. The van der Waals surface area contributed by atoms with Crippen molar-refractivity contribution in [2.24, 2.45) is 5.14 Å². The van der Waals surface area contributed by atoms with Gasteiger partial charge in [0.15, 0.2) is 5.82 Å². The van der Waals surface area contributed by atoms with Gasteiger partial charge in [0.25, 0.3) is 0 Å². The Hall–Kier alpha value is -2.58. The molecule has 0 spiro atoms. The first-order valence-corrected chi connectivity index (χ1v) is 7.54. The standard InChI is InChI=1S/C13H11N5O2S/c14-21(19,20)11-5-1-4-10(13-16-8-17-18-13)12(11)9-3-2-6-15-7-9/h1-8H,(H2,14,19,20)(H,16,17,18). The van der Waals surface area contributed by atoms with Crippen molar-refractivity contribution in [1.82, 2.24) is 20.2 Å². The molecule has 2 heterocycles. The zero-order chi connectivity index (χ0) is 14.9. The highest BCUT2D eigenvalue weighted by molar-refractivity contribution is 7.89. The number of primary sulfonamides is 1. The van der Waals surface area contributed by atoms with Crippen LogP contribution in [0.5, 0.6) is 0 Å². The number of H-pyrrole nitrogens is 1. The highest BCUT2D eigenvalue weighted by Gasteiger charge is 2.20. The molecule has 0 aliphatic carbocycles.